The smallest absolute Gasteiger partial charge is 0.251 e. The van der Waals surface area contributed by atoms with E-state index >= 15 is 0 Å². The van der Waals surface area contributed by atoms with Crippen molar-refractivity contribution in [3.63, 3.8) is 0 Å². The summed E-state index contributed by atoms with van der Waals surface area (Å²) >= 11 is 0. The molecule has 0 aromatic heterocycles. The number of benzene rings is 2. The van der Waals surface area contributed by atoms with Gasteiger partial charge >= 0.3 is 0 Å². The van der Waals surface area contributed by atoms with Crippen molar-refractivity contribution < 1.29 is 4.79 Å². The average molecular weight is 294 g/mol. The lowest BCUT2D eigenvalue weighted by Crippen LogP contribution is -2.42. The highest BCUT2D eigenvalue weighted by atomic mass is 16.1. The van der Waals surface area contributed by atoms with Crippen molar-refractivity contribution in [2.75, 3.05) is 6.54 Å². The van der Waals surface area contributed by atoms with E-state index in [-0.39, 0.29) is 11.9 Å². The third-order valence-electron chi connectivity index (χ3n) is 4.26. The lowest BCUT2D eigenvalue weighted by Gasteiger charge is -2.17. The van der Waals surface area contributed by atoms with E-state index in [0.29, 0.717) is 12.5 Å². The monoisotopic (exact) mass is 294 g/mol. The van der Waals surface area contributed by atoms with Crippen LogP contribution in [-0.2, 0) is 6.42 Å². The molecule has 1 unspecified atom stereocenters. The summed E-state index contributed by atoms with van der Waals surface area (Å²) in [5.74, 6) is 0.559. The van der Waals surface area contributed by atoms with Crippen LogP contribution in [0.25, 0.3) is 0 Å². The van der Waals surface area contributed by atoms with E-state index in [9.17, 15) is 4.79 Å². The minimum absolute atomic E-state index is 0.00567. The molecule has 1 atom stereocenters. The van der Waals surface area contributed by atoms with Crippen LogP contribution in [0.2, 0.25) is 0 Å². The molecule has 1 amide bonds. The molecule has 0 radical (unpaired) electrons. The fourth-order valence-electron chi connectivity index (χ4n) is 2.83. The van der Waals surface area contributed by atoms with Crippen LogP contribution in [0.1, 0.15) is 34.3 Å². The molecule has 0 saturated heterocycles. The molecule has 2 aromatic rings. The molecule has 3 heteroatoms. The highest BCUT2D eigenvalue weighted by Gasteiger charge is 2.31. The van der Waals surface area contributed by atoms with E-state index in [1.165, 1.54) is 18.4 Å². The van der Waals surface area contributed by atoms with Gasteiger partial charge in [-0.3, -0.25) is 4.79 Å². The second kappa shape index (κ2) is 6.75. The fraction of sp³-hybridized carbons (Fsp3) is 0.316. The normalized spacial score (nSPS) is 15.3. The van der Waals surface area contributed by atoms with Gasteiger partial charge in [0.15, 0.2) is 0 Å². The lowest BCUT2D eigenvalue weighted by molar-refractivity contribution is 0.0932. The highest BCUT2D eigenvalue weighted by Crippen LogP contribution is 2.32. The maximum atomic E-state index is 12.6. The second-order valence-electron chi connectivity index (χ2n) is 5.97. The van der Waals surface area contributed by atoms with Crippen LogP contribution in [0.15, 0.2) is 54.6 Å². The zero-order valence-corrected chi connectivity index (χ0v) is 12.7. The van der Waals surface area contributed by atoms with Crippen molar-refractivity contribution in [1.82, 2.24) is 5.32 Å². The largest absolute Gasteiger partial charge is 0.348 e. The predicted molar refractivity (Wildman–Crippen MR) is 88.7 cm³/mol. The van der Waals surface area contributed by atoms with Crippen molar-refractivity contribution in [2.45, 2.75) is 25.3 Å². The van der Waals surface area contributed by atoms with Gasteiger partial charge in [-0.25, -0.2) is 0 Å². The van der Waals surface area contributed by atoms with Crippen molar-refractivity contribution in [2.24, 2.45) is 11.7 Å². The fourth-order valence-corrected chi connectivity index (χ4v) is 2.83. The molecule has 1 aliphatic rings. The Hall–Kier alpha value is -2.13. The molecular weight excluding hydrogens is 272 g/mol. The molecule has 0 aliphatic heterocycles. The molecule has 2 aromatic carbocycles. The Morgan fingerprint density at radius 1 is 1.09 bits per heavy atom. The number of nitrogens with one attached hydrogen (secondary N) is 1. The molecule has 1 saturated carbocycles. The third-order valence-corrected chi connectivity index (χ3v) is 4.26. The quantitative estimate of drug-likeness (QED) is 0.860. The molecule has 0 bridgehead atoms. The minimum atomic E-state index is -0.00567. The Balaban J connectivity index is 1.76. The van der Waals surface area contributed by atoms with Crippen molar-refractivity contribution in [3.05, 3.63) is 71.3 Å². The molecule has 3 rings (SSSR count). The summed E-state index contributed by atoms with van der Waals surface area (Å²) in [6.07, 6.45) is 3.11. The van der Waals surface area contributed by atoms with Gasteiger partial charge in [-0.05, 0) is 42.4 Å². The number of hydrogen-bond donors (Lipinski definition) is 2. The highest BCUT2D eigenvalue weighted by molar-refractivity contribution is 5.96. The summed E-state index contributed by atoms with van der Waals surface area (Å²) in [6.45, 7) is 0.511. The molecule has 1 fully saturated rings. The zero-order chi connectivity index (χ0) is 15.4. The number of nitrogens with two attached hydrogens (primary N) is 1. The Morgan fingerprint density at radius 3 is 2.45 bits per heavy atom. The maximum Gasteiger partial charge on any atom is 0.251 e. The second-order valence-corrected chi connectivity index (χ2v) is 5.97. The van der Waals surface area contributed by atoms with Crippen molar-refractivity contribution >= 4 is 5.91 Å². The Bertz CT molecular complexity index is 635. The first kappa shape index (κ1) is 14.8. The van der Waals surface area contributed by atoms with Gasteiger partial charge in [-0.15, -0.1) is 0 Å². The van der Waals surface area contributed by atoms with Gasteiger partial charge in [0.05, 0.1) is 0 Å². The zero-order valence-electron chi connectivity index (χ0n) is 12.7. The Morgan fingerprint density at radius 2 is 1.77 bits per heavy atom. The van der Waals surface area contributed by atoms with Gasteiger partial charge in [0.2, 0.25) is 0 Å². The molecule has 1 aliphatic carbocycles. The van der Waals surface area contributed by atoms with E-state index in [2.05, 4.69) is 17.4 Å². The summed E-state index contributed by atoms with van der Waals surface area (Å²) < 4.78 is 0. The van der Waals surface area contributed by atoms with E-state index in [1.807, 2.05) is 42.5 Å². The van der Waals surface area contributed by atoms with E-state index in [1.54, 1.807) is 0 Å². The SMILES string of the molecule is NCC(NC(=O)c1ccccc1Cc1ccccc1)C1CC1. The average Bonchev–Trinajstić information content (AvgIpc) is 3.39. The van der Waals surface area contributed by atoms with Crippen molar-refractivity contribution in [1.29, 1.82) is 0 Å². The first-order chi connectivity index (χ1) is 10.8. The van der Waals surface area contributed by atoms with Crippen LogP contribution < -0.4 is 11.1 Å². The van der Waals surface area contributed by atoms with Gasteiger partial charge in [0.1, 0.15) is 0 Å². The molecule has 0 spiro atoms. The van der Waals surface area contributed by atoms with Crippen molar-refractivity contribution in [3.8, 4) is 0 Å². The molecular formula is C19H22N2O. The van der Waals surface area contributed by atoms with Gasteiger partial charge < -0.3 is 11.1 Å². The van der Waals surface area contributed by atoms with Crippen LogP contribution in [0.4, 0.5) is 0 Å². The van der Waals surface area contributed by atoms with Gasteiger partial charge in [0.25, 0.3) is 5.91 Å². The number of hydrogen-bond acceptors (Lipinski definition) is 2. The Kier molecular flexibility index (Phi) is 4.54. The van der Waals surface area contributed by atoms with Crippen LogP contribution in [0.5, 0.6) is 0 Å². The van der Waals surface area contributed by atoms with Gasteiger partial charge in [-0.1, -0.05) is 48.5 Å². The van der Waals surface area contributed by atoms with Crippen LogP contribution in [0, 0.1) is 5.92 Å². The molecule has 0 heterocycles. The molecule has 114 valence electrons. The van der Waals surface area contributed by atoms with Crippen LogP contribution in [-0.4, -0.2) is 18.5 Å². The van der Waals surface area contributed by atoms with Gasteiger partial charge in [0, 0.05) is 18.2 Å². The first-order valence-electron chi connectivity index (χ1n) is 7.90. The first-order valence-corrected chi connectivity index (χ1v) is 7.90. The lowest BCUT2D eigenvalue weighted by atomic mass is 9.99. The summed E-state index contributed by atoms with van der Waals surface area (Å²) in [4.78, 5) is 12.6. The molecule has 3 N–H and O–H groups in total. The number of carbonyl (C=O) groups is 1. The topological polar surface area (TPSA) is 55.1 Å². The number of carbonyl (C=O) groups excluding carboxylic acids is 1. The van der Waals surface area contributed by atoms with Gasteiger partial charge in [-0.2, -0.15) is 0 Å². The molecule has 22 heavy (non-hydrogen) atoms. The summed E-state index contributed by atoms with van der Waals surface area (Å²) in [6, 6.07) is 18.1. The predicted octanol–water partition coefficient (Wildman–Crippen LogP) is 2.74. The summed E-state index contributed by atoms with van der Waals surface area (Å²) in [5.41, 5.74) is 8.80. The van der Waals surface area contributed by atoms with E-state index in [0.717, 1.165) is 17.5 Å². The standard InChI is InChI=1S/C19H22N2O/c20-13-18(15-10-11-15)21-19(22)17-9-5-4-8-16(17)12-14-6-2-1-3-7-14/h1-9,15,18H,10-13,20H2,(H,21,22). The number of amides is 1. The Labute approximate surface area is 131 Å². The summed E-state index contributed by atoms with van der Waals surface area (Å²) in [7, 11) is 0. The van der Waals surface area contributed by atoms with E-state index < -0.39 is 0 Å². The number of rotatable bonds is 6. The third kappa shape index (κ3) is 3.55. The van der Waals surface area contributed by atoms with E-state index in [4.69, 9.17) is 5.73 Å². The molecule has 3 nitrogen and oxygen atoms in total. The van der Waals surface area contributed by atoms with Crippen LogP contribution in [0.3, 0.4) is 0 Å². The minimum Gasteiger partial charge on any atom is -0.348 e. The summed E-state index contributed by atoms with van der Waals surface area (Å²) in [5, 5.41) is 3.11. The maximum absolute atomic E-state index is 12.6. The van der Waals surface area contributed by atoms with Crippen LogP contribution >= 0.6 is 0 Å².